The summed E-state index contributed by atoms with van der Waals surface area (Å²) in [4.78, 5) is 9.46. The van der Waals surface area contributed by atoms with Crippen LogP contribution in [0.4, 0.5) is 0 Å². The van der Waals surface area contributed by atoms with Crippen LogP contribution in [0.5, 0.6) is 0 Å². The minimum Gasteiger partial charge on any atom is -0.373 e. The topological polar surface area (TPSA) is 47.0 Å². The maximum Gasteiger partial charge on any atom is 0.157 e. The van der Waals surface area contributed by atoms with Crippen molar-refractivity contribution >= 4 is 0 Å². The molecule has 18 heavy (non-hydrogen) atoms. The Balaban J connectivity index is 2.47. The van der Waals surface area contributed by atoms with Gasteiger partial charge in [-0.25, -0.2) is 9.97 Å². The summed E-state index contributed by atoms with van der Waals surface area (Å²) in [6.45, 7) is 8.37. The molecule has 1 aromatic heterocycles. The van der Waals surface area contributed by atoms with Gasteiger partial charge in [0.05, 0.1) is 11.4 Å². The highest BCUT2D eigenvalue weighted by Crippen LogP contribution is 2.26. The quantitative estimate of drug-likeness (QED) is 0.889. The molecule has 0 aliphatic carbocycles. The smallest absolute Gasteiger partial charge is 0.157 e. The predicted octanol–water partition coefficient (Wildman–Crippen LogP) is 2.34. The van der Waals surface area contributed by atoms with E-state index in [1.54, 1.807) is 7.11 Å². The van der Waals surface area contributed by atoms with Crippen LogP contribution in [0.25, 0.3) is 0 Å². The molecule has 1 aliphatic rings. The van der Waals surface area contributed by atoms with Gasteiger partial charge in [-0.15, -0.1) is 0 Å². The van der Waals surface area contributed by atoms with Crippen LogP contribution in [-0.2, 0) is 17.7 Å². The van der Waals surface area contributed by atoms with E-state index in [0.29, 0.717) is 5.92 Å². The van der Waals surface area contributed by atoms with Crippen LogP contribution in [0.1, 0.15) is 62.0 Å². The highest BCUT2D eigenvalue weighted by atomic mass is 16.5. The molecule has 0 radical (unpaired) electrons. The number of rotatable bonds is 4. The van der Waals surface area contributed by atoms with Crippen molar-refractivity contribution in [3.8, 4) is 0 Å². The first kappa shape index (κ1) is 13.4. The second-order valence-corrected chi connectivity index (χ2v) is 5.11. The number of hydrogen-bond donors (Lipinski definition) is 1. The third-order valence-electron chi connectivity index (χ3n) is 3.48. The number of fused-ring (bicyclic) bond motifs is 1. The first-order chi connectivity index (χ1) is 8.67. The van der Waals surface area contributed by atoms with Crippen molar-refractivity contribution < 1.29 is 4.74 Å². The predicted molar refractivity (Wildman–Crippen MR) is 71.6 cm³/mol. The molecule has 1 aliphatic heterocycles. The first-order valence-corrected chi connectivity index (χ1v) is 6.80. The molecule has 4 nitrogen and oxygen atoms in total. The molecule has 0 spiro atoms. The standard InChI is InChI=1S/C14H23N3O/c1-5-12(18-4)14-16-11-8-15-7-6-10(11)13(17-14)9(2)3/h9,12,15H,5-8H2,1-4H3. The van der Waals surface area contributed by atoms with E-state index < -0.39 is 0 Å². The summed E-state index contributed by atoms with van der Waals surface area (Å²) in [5, 5.41) is 3.38. The van der Waals surface area contributed by atoms with Gasteiger partial charge in [0.25, 0.3) is 0 Å². The lowest BCUT2D eigenvalue weighted by Gasteiger charge is -2.23. The zero-order chi connectivity index (χ0) is 13.1. The highest BCUT2D eigenvalue weighted by molar-refractivity contribution is 5.30. The molecule has 0 amide bonds. The van der Waals surface area contributed by atoms with E-state index in [1.807, 2.05) is 0 Å². The Kier molecular flexibility index (Phi) is 4.30. The lowest BCUT2D eigenvalue weighted by Crippen LogP contribution is -2.28. The van der Waals surface area contributed by atoms with Gasteiger partial charge in [0.15, 0.2) is 5.82 Å². The van der Waals surface area contributed by atoms with Crippen molar-refractivity contribution in [2.24, 2.45) is 0 Å². The normalized spacial score (nSPS) is 16.7. The molecule has 0 bridgehead atoms. The fraction of sp³-hybridized carbons (Fsp3) is 0.714. The summed E-state index contributed by atoms with van der Waals surface area (Å²) in [6, 6.07) is 0. The fourth-order valence-electron chi connectivity index (χ4n) is 2.48. The minimum atomic E-state index is 0.00901. The highest BCUT2D eigenvalue weighted by Gasteiger charge is 2.22. The largest absolute Gasteiger partial charge is 0.373 e. The Morgan fingerprint density at radius 3 is 2.72 bits per heavy atom. The summed E-state index contributed by atoms with van der Waals surface area (Å²) in [7, 11) is 1.73. The van der Waals surface area contributed by atoms with Crippen molar-refractivity contribution in [3.05, 3.63) is 22.8 Å². The van der Waals surface area contributed by atoms with Crippen LogP contribution in [-0.4, -0.2) is 23.6 Å². The fourth-order valence-corrected chi connectivity index (χ4v) is 2.48. The van der Waals surface area contributed by atoms with Gasteiger partial charge in [-0.3, -0.25) is 0 Å². The molecule has 1 aromatic rings. The summed E-state index contributed by atoms with van der Waals surface area (Å²) in [5.41, 5.74) is 3.70. The molecule has 0 aromatic carbocycles. The van der Waals surface area contributed by atoms with E-state index in [1.165, 1.54) is 11.3 Å². The molecule has 4 heteroatoms. The average Bonchev–Trinajstić information content (AvgIpc) is 2.39. The van der Waals surface area contributed by atoms with Gasteiger partial charge >= 0.3 is 0 Å². The second-order valence-electron chi connectivity index (χ2n) is 5.11. The summed E-state index contributed by atoms with van der Waals surface area (Å²) in [5.74, 6) is 1.28. The van der Waals surface area contributed by atoms with Gasteiger partial charge in [0.2, 0.25) is 0 Å². The van der Waals surface area contributed by atoms with Gasteiger partial charge < -0.3 is 10.1 Å². The molecule has 1 N–H and O–H groups in total. The van der Waals surface area contributed by atoms with Crippen molar-refractivity contribution in [3.63, 3.8) is 0 Å². The van der Waals surface area contributed by atoms with Crippen LogP contribution in [0.2, 0.25) is 0 Å². The lowest BCUT2D eigenvalue weighted by atomic mass is 9.97. The van der Waals surface area contributed by atoms with Crippen LogP contribution < -0.4 is 5.32 Å². The molecule has 1 atom stereocenters. The zero-order valence-corrected chi connectivity index (χ0v) is 11.8. The minimum absolute atomic E-state index is 0.00901. The van der Waals surface area contributed by atoms with Gasteiger partial charge in [-0.2, -0.15) is 0 Å². The number of hydrogen-bond acceptors (Lipinski definition) is 4. The Morgan fingerprint density at radius 2 is 2.11 bits per heavy atom. The van der Waals surface area contributed by atoms with Gasteiger partial charge in [-0.05, 0) is 30.9 Å². The maximum atomic E-state index is 5.47. The summed E-state index contributed by atoms with van der Waals surface area (Å²) >= 11 is 0. The third-order valence-corrected chi connectivity index (χ3v) is 3.48. The maximum absolute atomic E-state index is 5.47. The Bertz CT molecular complexity index is 414. The molecule has 0 saturated carbocycles. The van der Waals surface area contributed by atoms with E-state index in [9.17, 15) is 0 Å². The molecule has 2 heterocycles. The van der Waals surface area contributed by atoms with Gasteiger partial charge in [0, 0.05) is 13.7 Å². The van der Waals surface area contributed by atoms with Crippen LogP contribution in [0.3, 0.4) is 0 Å². The molecule has 2 rings (SSSR count). The molecular formula is C14H23N3O. The van der Waals surface area contributed by atoms with Crippen LogP contribution in [0, 0.1) is 0 Å². The molecule has 100 valence electrons. The summed E-state index contributed by atoms with van der Waals surface area (Å²) < 4.78 is 5.47. The van der Waals surface area contributed by atoms with E-state index >= 15 is 0 Å². The molecular weight excluding hydrogens is 226 g/mol. The molecule has 1 unspecified atom stereocenters. The zero-order valence-electron chi connectivity index (χ0n) is 11.8. The number of ether oxygens (including phenoxy) is 1. The van der Waals surface area contributed by atoms with Crippen molar-refractivity contribution in [1.29, 1.82) is 0 Å². The third kappa shape index (κ3) is 2.54. The number of nitrogens with zero attached hydrogens (tertiary/aromatic N) is 2. The Morgan fingerprint density at radius 1 is 1.33 bits per heavy atom. The SMILES string of the molecule is CCC(OC)c1nc2c(c(C(C)C)n1)CCNC2. The van der Waals surface area contributed by atoms with Crippen molar-refractivity contribution in [2.45, 2.75) is 52.2 Å². The van der Waals surface area contributed by atoms with Crippen molar-refractivity contribution in [2.75, 3.05) is 13.7 Å². The van der Waals surface area contributed by atoms with Crippen molar-refractivity contribution in [1.82, 2.24) is 15.3 Å². The van der Waals surface area contributed by atoms with Gasteiger partial charge in [0.1, 0.15) is 6.10 Å². The molecule has 0 saturated heterocycles. The van der Waals surface area contributed by atoms with Crippen LogP contribution >= 0.6 is 0 Å². The van der Waals surface area contributed by atoms with E-state index in [0.717, 1.165) is 37.4 Å². The summed E-state index contributed by atoms with van der Waals surface area (Å²) in [6.07, 6.45) is 1.95. The first-order valence-electron chi connectivity index (χ1n) is 6.80. The second kappa shape index (κ2) is 5.76. The average molecular weight is 249 g/mol. The Hall–Kier alpha value is -1.00. The van der Waals surface area contributed by atoms with E-state index in [2.05, 4.69) is 26.1 Å². The monoisotopic (exact) mass is 249 g/mol. The lowest BCUT2D eigenvalue weighted by molar-refractivity contribution is 0.0919. The van der Waals surface area contributed by atoms with Gasteiger partial charge in [-0.1, -0.05) is 20.8 Å². The Labute approximate surface area is 109 Å². The number of methoxy groups -OCH3 is 1. The van der Waals surface area contributed by atoms with E-state index in [-0.39, 0.29) is 6.10 Å². The molecule has 0 fully saturated rings. The number of aromatic nitrogens is 2. The van der Waals surface area contributed by atoms with E-state index in [4.69, 9.17) is 14.7 Å². The number of nitrogens with one attached hydrogen (secondary N) is 1. The van der Waals surface area contributed by atoms with Crippen LogP contribution in [0.15, 0.2) is 0 Å².